The van der Waals surface area contributed by atoms with Crippen LogP contribution >= 0.6 is 0 Å². The van der Waals surface area contributed by atoms with Gasteiger partial charge in [0, 0.05) is 16.7 Å². The van der Waals surface area contributed by atoms with Crippen molar-refractivity contribution in [3.8, 4) is 22.6 Å². The second-order valence-electron chi connectivity index (χ2n) is 14.5. The number of carbonyl (C=O) groups excluding carboxylic acids is 1. The van der Waals surface area contributed by atoms with Gasteiger partial charge in [-0.1, -0.05) is 113 Å². The number of phenols is 1. The van der Waals surface area contributed by atoms with Crippen molar-refractivity contribution in [2.75, 3.05) is 0 Å². The molecule has 0 aliphatic rings. The van der Waals surface area contributed by atoms with Crippen molar-refractivity contribution in [2.45, 2.75) is 118 Å². The molecule has 0 saturated carbocycles. The molecule has 0 spiro atoms. The molecular formula is C37H50O3. The highest BCUT2D eigenvalue weighted by molar-refractivity contribution is 5.98. The van der Waals surface area contributed by atoms with E-state index >= 15 is 0 Å². The van der Waals surface area contributed by atoms with E-state index in [0.29, 0.717) is 17.1 Å². The first-order chi connectivity index (χ1) is 18.3. The molecule has 3 aromatic carbocycles. The maximum Gasteiger partial charge on any atom is 0.344 e. The maximum absolute atomic E-state index is 13.9. The molecule has 0 atom stereocenters. The van der Waals surface area contributed by atoms with Gasteiger partial charge in [0.2, 0.25) is 0 Å². The summed E-state index contributed by atoms with van der Waals surface area (Å²) in [4.78, 5) is 13.9. The molecule has 0 heterocycles. The largest absolute Gasteiger partial charge is 0.507 e. The van der Waals surface area contributed by atoms with Gasteiger partial charge in [-0.05, 0) is 75.5 Å². The predicted octanol–water partition coefficient (Wildman–Crippen LogP) is 10.2. The van der Waals surface area contributed by atoms with Gasteiger partial charge < -0.3 is 9.84 Å². The molecule has 40 heavy (non-hydrogen) atoms. The molecule has 0 aromatic heterocycles. The van der Waals surface area contributed by atoms with Crippen LogP contribution in [-0.2, 0) is 21.7 Å². The van der Waals surface area contributed by atoms with Crippen LogP contribution in [0.3, 0.4) is 0 Å². The molecule has 0 saturated heterocycles. The molecule has 0 aliphatic heterocycles. The van der Waals surface area contributed by atoms with Gasteiger partial charge in [-0.2, -0.15) is 0 Å². The highest BCUT2D eigenvalue weighted by atomic mass is 16.5. The van der Waals surface area contributed by atoms with Crippen LogP contribution in [-0.4, -0.2) is 11.1 Å². The molecule has 0 bridgehead atoms. The van der Waals surface area contributed by atoms with E-state index in [1.165, 1.54) is 5.56 Å². The van der Waals surface area contributed by atoms with E-state index < -0.39 is 0 Å². The minimum atomic E-state index is -0.381. The molecule has 0 radical (unpaired) electrons. The summed E-state index contributed by atoms with van der Waals surface area (Å²) in [6.07, 6.45) is 1.94. The lowest BCUT2D eigenvalue weighted by Gasteiger charge is -2.30. The molecule has 0 fully saturated rings. The summed E-state index contributed by atoms with van der Waals surface area (Å²) >= 11 is 0. The van der Waals surface area contributed by atoms with E-state index in [1.807, 2.05) is 42.5 Å². The summed E-state index contributed by atoms with van der Waals surface area (Å²) in [5.74, 6) is 0.554. The van der Waals surface area contributed by atoms with E-state index in [4.69, 9.17) is 4.74 Å². The quantitative estimate of drug-likeness (QED) is 0.239. The number of carbonyl (C=O) groups is 1. The van der Waals surface area contributed by atoms with E-state index in [2.05, 4.69) is 95.2 Å². The molecule has 0 amide bonds. The zero-order valence-electron chi connectivity index (χ0n) is 26.9. The van der Waals surface area contributed by atoms with Gasteiger partial charge in [-0.3, -0.25) is 0 Å². The lowest BCUT2D eigenvalue weighted by atomic mass is 9.76. The summed E-state index contributed by atoms with van der Waals surface area (Å²) in [5, 5.41) is 11.2. The lowest BCUT2D eigenvalue weighted by Crippen LogP contribution is -2.22. The minimum Gasteiger partial charge on any atom is -0.507 e. The Morgan fingerprint density at radius 3 is 1.73 bits per heavy atom. The Kier molecular flexibility index (Phi) is 8.71. The van der Waals surface area contributed by atoms with E-state index in [-0.39, 0.29) is 27.6 Å². The van der Waals surface area contributed by atoms with Crippen LogP contribution in [0.4, 0.5) is 0 Å². The number of hydrogen-bond donors (Lipinski definition) is 1. The molecule has 0 aliphatic carbocycles. The van der Waals surface area contributed by atoms with Crippen LogP contribution < -0.4 is 4.74 Å². The smallest absolute Gasteiger partial charge is 0.344 e. The van der Waals surface area contributed by atoms with Crippen molar-refractivity contribution in [2.24, 2.45) is 0 Å². The van der Waals surface area contributed by atoms with Crippen LogP contribution in [0.25, 0.3) is 11.1 Å². The third-order valence-corrected chi connectivity index (χ3v) is 8.64. The van der Waals surface area contributed by atoms with Crippen LogP contribution in [0.2, 0.25) is 0 Å². The first-order valence-corrected chi connectivity index (χ1v) is 14.7. The summed E-state index contributed by atoms with van der Waals surface area (Å²) < 4.78 is 6.21. The average Bonchev–Trinajstić information content (AvgIpc) is 2.87. The third-order valence-electron chi connectivity index (χ3n) is 8.64. The van der Waals surface area contributed by atoms with Crippen molar-refractivity contribution < 1.29 is 14.6 Å². The van der Waals surface area contributed by atoms with Gasteiger partial charge in [0.15, 0.2) is 0 Å². The molecule has 3 aromatic rings. The predicted molar refractivity (Wildman–Crippen MR) is 169 cm³/mol. The summed E-state index contributed by atoms with van der Waals surface area (Å²) in [7, 11) is 0. The number of esters is 1. The second kappa shape index (κ2) is 11.1. The van der Waals surface area contributed by atoms with Gasteiger partial charge in [0.05, 0.1) is 5.56 Å². The molecule has 3 heteroatoms. The van der Waals surface area contributed by atoms with Crippen molar-refractivity contribution in [1.82, 2.24) is 0 Å². The fraction of sp³-hybridized carbons (Fsp3) is 0.486. The van der Waals surface area contributed by atoms with Gasteiger partial charge in [0.25, 0.3) is 0 Å². The summed E-state index contributed by atoms with van der Waals surface area (Å²) in [5.41, 5.74) is 5.54. The fourth-order valence-corrected chi connectivity index (χ4v) is 4.96. The van der Waals surface area contributed by atoms with Crippen molar-refractivity contribution >= 4 is 5.97 Å². The van der Waals surface area contributed by atoms with Gasteiger partial charge >= 0.3 is 5.97 Å². The number of aromatic hydroxyl groups is 1. The Balaban J connectivity index is 2.17. The Labute approximate surface area is 243 Å². The van der Waals surface area contributed by atoms with E-state index in [1.54, 1.807) is 0 Å². The third kappa shape index (κ3) is 6.45. The SMILES string of the molecule is CCC(C)(C)c1ccc(OC(=O)c2ccccc2-c2cc(C(C)(C)C)c(O)c(C(C)(C)C)c2)c(C(C)(C)CC)c1. The molecule has 3 rings (SSSR count). The van der Waals surface area contributed by atoms with Crippen LogP contribution in [0.5, 0.6) is 11.5 Å². The molecule has 0 unspecified atom stereocenters. The number of ether oxygens (including phenoxy) is 1. The molecule has 3 nitrogen and oxygen atoms in total. The zero-order chi connectivity index (χ0) is 30.3. The van der Waals surface area contributed by atoms with Crippen LogP contribution in [0.15, 0.2) is 54.6 Å². The Morgan fingerprint density at radius 2 is 1.23 bits per heavy atom. The summed E-state index contributed by atoms with van der Waals surface area (Å²) in [6, 6.07) is 17.9. The Morgan fingerprint density at radius 1 is 0.700 bits per heavy atom. The number of benzene rings is 3. The number of rotatable bonds is 7. The zero-order valence-corrected chi connectivity index (χ0v) is 26.9. The second-order valence-corrected chi connectivity index (χ2v) is 14.5. The number of phenolic OH excluding ortho intramolecular Hbond substituents is 1. The molecular weight excluding hydrogens is 492 g/mol. The fourth-order valence-electron chi connectivity index (χ4n) is 4.96. The standard InChI is InChI=1S/C37H50O3/c1-13-36(9,10)25-19-20-31(28(23-25)37(11,12)14-2)40-33(39)27-18-16-15-17-26(27)24-21-29(34(3,4)5)32(38)30(22-24)35(6,7)8/h15-23,38H,13-14H2,1-12H3. The van der Waals surface area contributed by atoms with Crippen molar-refractivity contribution in [1.29, 1.82) is 0 Å². The van der Waals surface area contributed by atoms with Crippen LogP contribution in [0, 0.1) is 0 Å². The molecule has 216 valence electrons. The first kappa shape index (κ1) is 31.5. The normalized spacial score (nSPS) is 12.9. The number of hydrogen-bond acceptors (Lipinski definition) is 3. The highest BCUT2D eigenvalue weighted by Gasteiger charge is 2.30. The topological polar surface area (TPSA) is 46.5 Å². The van der Waals surface area contributed by atoms with Gasteiger partial charge in [0.1, 0.15) is 11.5 Å². The minimum absolute atomic E-state index is 0.0299. The van der Waals surface area contributed by atoms with Gasteiger partial charge in [-0.15, -0.1) is 0 Å². The average molecular weight is 543 g/mol. The lowest BCUT2D eigenvalue weighted by molar-refractivity contribution is 0.0732. The Bertz CT molecular complexity index is 1340. The van der Waals surface area contributed by atoms with E-state index in [9.17, 15) is 9.90 Å². The highest BCUT2D eigenvalue weighted by Crippen LogP contribution is 2.43. The maximum atomic E-state index is 13.9. The summed E-state index contributed by atoms with van der Waals surface area (Å²) in [6.45, 7) is 25.9. The van der Waals surface area contributed by atoms with Crippen LogP contribution in [0.1, 0.15) is 129 Å². The Hall–Kier alpha value is -3.07. The van der Waals surface area contributed by atoms with Crippen molar-refractivity contribution in [3.63, 3.8) is 0 Å². The monoisotopic (exact) mass is 542 g/mol. The van der Waals surface area contributed by atoms with Gasteiger partial charge in [-0.25, -0.2) is 4.79 Å². The molecule has 1 N–H and O–H groups in total. The first-order valence-electron chi connectivity index (χ1n) is 14.7. The van der Waals surface area contributed by atoms with Crippen molar-refractivity contribution in [3.05, 3.63) is 82.4 Å². The van der Waals surface area contributed by atoms with E-state index in [0.717, 1.165) is 40.7 Å².